The fraction of sp³-hybridized carbons (Fsp3) is 0.500. The van der Waals surface area contributed by atoms with Gasteiger partial charge in [-0.25, -0.2) is 0 Å². The third-order valence-electron chi connectivity index (χ3n) is 3.51. The molecule has 1 saturated heterocycles. The first kappa shape index (κ1) is 14.7. The summed E-state index contributed by atoms with van der Waals surface area (Å²) in [5.41, 5.74) is -0.644. The number of halogens is 3. The molecule has 6 heteroatoms. The highest BCUT2D eigenvalue weighted by Gasteiger charge is 2.34. The van der Waals surface area contributed by atoms with E-state index in [4.69, 9.17) is 5.26 Å². The number of benzene rings is 1. The zero-order valence-electron chi connectivity index (χ0n) is 11.2. The molecule has 1 aromatic carbocycles. The van der Waals surface area contributed by atoms with Gasteiger partial charge in [0.1, 0.15) is 0 Å². The molecule has 0 unspecified atom stereocenters. The minimum absolute atomic E-state index is 0.326. The van der Waals surface area contributed by atoms with Gasteiger partial charge in [0.25, 0.3) is 0 Å². The molecule has 1 fully saturated rings. The van der Waals surface area contributed by atoms with Crippen LogP contribution in [0.25, 0.3) is 0 Å². The van der Waals surface area contributed by atoms with E-state index in [1.54, 1.807) is 12.1 Å². The Kier molecular flexibility index (Phi) is 4.19. The zero-order chi connectivity index (χ0) is 14.8. The van der Waals surface area contributed by atoms with Crippen molar-refractivity contribution in [1.29, 1.82) is 5.26 Å². The summed E-state index contributed by atoms with van der Waals surface area (Å²) in [6.45, 7) is 3.19. The van der Waals surface area contributed by atoms with E-state index in [1.807, 2.05) is 11.9 Å². The molecule has 108 valence electrons. The van der Waals surface area contributed by atoms with Gasteiger partial charge in [-0.3, -0.25) is 0 Å². The van der Waals surface area contributed by atoms with E-state index in [0.29, 0.717) is 12.2 Å². The van der Waals surface area contributed by atoms with Gasteiger partial charge in [-0.05, 0) is 38.2 Å². The smallest absolute Gasteiger partial charge is 0.370 e. The lowest BCUT2D eigenvalue weighted by Crippen LogP contribution is -2.29. The fourth-order valence-corrected chi connectivity index (χ4v) is 2.37. The van der Waals surface area contributed by atoms with Crippen molar-refractivity contribution in [3.8, 4) is 6.07 Å². The van der Waals surface area contributed by atoms with Crippen LogP contribution in [0.5, 0.6) is 0 Å². The van der Waals surface area contributed by atoms with Gasteiger partial charge in [0, 0.05) is 25.3 Å². The van der Waals surface area contributed by atoms with E-state index in [0.717, 1.165) is 32.1 Å². The molecule has 0 bridgehead atoms. The number of nitrogens with zero attached hydrogens (tertiary/aromatic N) is 3. The second-order valence-corrected chi connectivity index (χ2v) is 4.98. The van der Waals surface area contributed by atoms with E-state index < -0.39 is 11.7 Å². The highest BCUT2D eigenvalue weighted by molar-refractivity contribution is 5.55. The first-order chi connectivity index (χ1) is 9.41. The Morgan fingerprint density at radius 3 is 2.55 bits per heavy atom. The van der Waals surface area contributed by atoms with Crippen molar-refractivity contribution < 1.29 is 13.2 Å². The van der Waals surface area contributed by atoms with Gasteiger partial charge < -0.3 is 9.80 Å². The van der Waals surface area contributed by atoms with Crippen LogP contribution < -0.4 is 4.90 Å². The summed E-state index contributed by atoms with van der Waals surface area (Å²) in [6, 6.07) is 5.55. The number of hydrogen-bond donors (Lipinski definition) is 0. The summed E-state index contributed by atoms with van der Waals surface area (Å²) in [7, 11) is 2.00. The Morgan fingerprint density at radius 1 is 1.15 bits per heavy atom. The second-order valence-electron chi connectivity index (χ2n) is 4.98. The Hall–Kier alpha value is -1.74. The number of likely N-dealkylation sites (N-methyl/N-ethyl adjacent to an activating group) is 1. The lowest BCUT2D eigenvalue weighted by atomic mass is 10.1. The molecule has 2 rings (SSSR count). The van der Waals surface area contributed by atoms with Crippen LogP contribution in [0, 0.1) is 11.3 Å². The largest absolute Gasteiger partial charge is 0.417 e. The zero-order valence-corrected chi connectivity index (χ0v) is 11.2. The number of nitriles is 1. The summed E-state index contributed by atoms with van der Waals surface area (Å²) in [5.74, 6) is 0. The Labute approximate surface area is 116 Å². The Bertz CT molecular complexity index is 519. The molecule has 1 aliphatic heterocycles. The third kappa shape index (κ3) is 3.23. The van der Waals surface area contributed by atoms with Crippen molar-refractivity contribution in [2.45, 2.75) is 12.6 Å². The summed E-state index contributed by atoms with van der Waals surface area (Å²) in [6.07, 6.45) is -3.58. The molecule has 3 nitrogen and oxygen atoms in total. The average Bonchev–Trinajstić information content (AvgIpc) is 2.62. The van der Waals surface area contributed by atoms with E-state index in [9.17, 15) is 13.2 Å². The number of alkyl halides is 3. The monoisotopic (exact) mass is 283 g/mol. The summed E-state index contributed by atoms with van der Waals surface area (Å²) in [5, 5.41) is 8.79. The molecule has 1 aliphatic rings. The molecule has 0 amide bonds. The van der Waals surface area contributed by atoms with Crippen LogP contribution in [0.2, 0.25) is 0 Å². The molecule has 20 heavy (non-hydrogen) atoms. The maximum atomic E-state index is 12.9. The molecule has 0 radical (unpaired) electrons. The number of anilines is 1. The van der Waals surface area contributed by atoms with Crippen LogP contribution in [-0.2, 0) is 6.18 Å². The molecular formula is C14H16F3N3. The normalized spacial score (nSPS) is 17.6. The van der Waals surface area contributed by atoms with Crippen molar-refractivity contribution >= 4 is 5.69 Å². The van der Waals surface area contributed by atoms with Crippen LogP contribution in [-0.4, -0.2) is 38.1 Å². The fourth-order valence-electron chi connectivity index (χ4n) is 2.37. The molecule has 1 heterocycles. The molecule has 0 saturated carbocycles. The summed E-state index contributed by atoms with van der Waals surface area (Å²) in [4.78, 5) is 4.11. The van der Waals surface area contributed by atoms with E-state index >= 15 is 0 Å². The quantitative estimate of drug-likeness (QED) is 0.794. The molecule has 1 aromatic rings. The second kappa shape index (κ2) is 5.71. The highest BCUT2D eigenvalue weighted by atomic mass is 19.4. The highest BCUT2D eigenvalue weighted by Crippen LogP contribution is 2.34. The van der Waals surface area contributed by atoms with E-state index in [-0.39, 0.29) is 5.56 Å². The molecule has 0 aromatic heterocycles. The summed E-state index contributed by atoms with van der Waals surface area (Å²) < 4.78 is 38.8. The standard InChI is InChI=1S/C14H16F3N3/c1-19-5-2-6-20(8-7-19)12-4-3-11(10-18)13(9-12)14(15,16)17/h3-4,9H,2,5-8H2,1H3. The van der Waals surface area contributed by atoms with Gasteiger partial charge >= 0.3 is 6.18 Å². The van der Waals surface area contributed by atoms with Crippen LogP contribution in [0.1, 0.15) is 17.5 Å². The number of rotatable bonds is 1. The van der Waals surface area contributed by atoms with Crippen LogP contribution in [0.15, 0.2) is 18.2 Å². The van der Waals surface area contributed by atoms with Gasteiger partial charge in [0.05, 0.1) is 17.2 Å². The van der Waals surface area contributed by atoms with Gasteiger partial charge in [-0.15, -0.1) is 0 Å². The SMILES string of the molecule is CN1CCCN(c2ccc(C#N)c(C(F)(F)F)c2)CC1. The van der Waals surface area contributed by atoms with Crippen molar-refractivity contribution in [3.63, 3.8) is 0 Å². The van der Waals surface area contributed by atoms with Gasteiger partial charge in [0.15, 0.2) is 0 Å². The topological polar surface area (TPSA) is 30.3 Å². The first-order valence-corrected chi connectivity index (χ1v) is 6.46. The molecular weight excluding hydrogens is 267 g/mol. The molecule has 0 aliphatic carbocycles. The maximum Gasteiger partial charge on any atom is 0.417 e. The van der Waals surface area contributed by atoms with Crippen LogP contribution >= 0.6 is 0 Å². The Balaban J connectivity index is 2.31. The van der Waals surface area contributed by atoms with Gasteiger partial charge in [-0.2, -0.15) is 18.4 Å². The Morgan fingerprint density at radius 2 is 1.90 bits per heavy atom. The molecule has 0 spiro atoms. The molecule has 0 atom stereocenters. The predicted molar refractivity (Wildman–Crippen MR) is 70.5 cm³/mol. The van der Waals surface area contributed by atoms with Crippen molar-refractivity contribution in [2.75, 3.05) is 38.1 Å². The van der Waals surface area contributed by atoms with Crippen molar-refractivity contribution in [1.82, 2.24) is 4.90 Å². The van der Waals surface area contributed by atoms with Gasteiger partial charge in [0.2, 0.25) is 0 Å². The van der Waals surface area contributed by atoms with E-state index in [1.165, 1.54) is 6.07 Å². The molecule has 0 N–H and O–H groups in total. The third-order valence-corrected chi connectivity index (χ3v) is 3.51. The maximum absolute atomic E-state index is 12.9. The van der Waals surface area contributed by atoms with E-state index in [2.05, 4.69) is 4.90 Å². The summed E-state index contributed by atoms with van der Waals surface area (Å²) >= 11 is 0. The van der Waals surface area contributed by atoms with Crippen LogP contribution in [0.4, 0.5) is 18.9 Å². The lowest BCUT2D eigenvalue weighted by Gasteiger charge is -2.24. The predicted octanol–water partition coefficient (Wildman–Crippen LogP) is 2.72. The minimum Gasteiger partial charge on any atom is -0.370 e. The van der Waals surface area contributed by atoms with Gasteiger partial charge in [-0.1, -0.05) is 0 Å². The number of hydrogen-bond acceptors (Lipinski definition) is 3. The lowest BCUT2D eigenvalue weighted by molar-refractivity contribution is -0.137. The van der Waals surface area contributed by atoms with Crippen molar-refractivity contribution in [3.05, 3.63) is 29.3 Å². The first-order valence-electron chi connectivity index (χ1n) is 6.46. The van der Waals surface area contributed by atoms with Crippen molar-refractivity contribution in [2.24, 2.45) is 0 Å². The minimum atomic E-state index is -4.50. The van der Waals surface area contributed by atoms with Crippen LogP contribution in [0.3, 0.4) is 0 Å². The average molecular weight is 283 g/mol.